The Morgan fingerprint density at radius 3 is 2.82 bits per heavy atom. The standard InChI is InChI=1S/C13H14N4/c1-11-15-6-8-17(11)13-4-2-3-12(9-13)16-7-5-14-10-16/h2-4,6,8-10H,5,7H2,1H3. The molecular weight excluding hydrogens is 212 g/mol. The maximum absolute atomic E-state index is 4.24. The summed E-state index contributed by atoms with van der Waals surface area (Å²) < 4.78 is 2.08. The lowest BCUT2D eigenvalue weighted by Gasteiger charge is -2.15. The van der Waals surface area contributed by atoms with Gasteiger partial charge in [-0.05, 0) is 25.1 Å². The summed E-state index contributed by atoms with van der Waals surface area (Å²) in [5.74, 6) is 0.997. The van der Waals surface area contributed by atoms with Gasteiger partial charge in [-0.2, -0.15) is 0 Å². The quantitative estimate of drug-likeness (QED) is 0.785. The van der Waals surface area contributed by atoms with Gasteiger partial charge in [-0.15, -0.1) is 0 Å². The van der Waals surface area contributed by atoms with Gasteiger partial charge in [-0.3, -0.25) is 4.99 Å². The number of rotatable bonds is 2. The molecule has 0 radical (unpaired) electrons. The second kappa shape index (κ2) is 4.05. The van der Waals surface area contributed by atoms with Crippen LogP contribution in [0.3, 0.4) is 0 Å². The van der Waals surface area contributed by atoms with Gasteiger partial charge in [-0.25, -0.2) is 4.98 Å². The molecule has 2 aromatic rings. The lowest BCUT2D eigenvalue weighted by Crippen LogP contribution is -2.18. The van der Waals surface area contributed by atoms with Crippen LogP contribution in [0.25, 0.3) is 5.69 Å². The van der Waals surface area contributed by atoms with Gasteiger partial charge in [0.25, 0.3) is 0 Å². The number of hydrogen-bond acceptors (Lipinski definition) is 3. The van der Waals surface area contributed by atoms with Crippen molar-refractivity contribution in [2.75, 3.05) is 18.0 Å². The Hall–Kier alpha value is -2.10. The summed E-state index contributed by atoms with van der Waals surface area (Å²) in [4.78, 5) is 10.6. The van der Waals surface area contributed by atoms with E-state index < -0.39 is 0 Å². The van der Waals surface area contributed by atoms with Crippen LogP contribution in [0, 0.1) is 6.92 Å². The van der Waals surface area contributed by atoms with Crippen LogP contribution in [0.2, 0.25) is 0 Å². The summed E-state index contributed by atoms with van der Waals surface area (Å²) in [7, 11) is 0. The topological polar surface area (TPSA) is 33.4 Å². The average Bonchev–Trinajstić information content (AvgIpc) is 2.99. The fraction of sp³-hybridized carbons (Fsp3) is 0.231. The number of benzene rings is 1. The minimum absolute atomic E-state index is 0.883. The van der Waals surface area contributed by atoms with Crippen molar-refractivity contribution in [3.63, 3.8) is 0 Å². The predicted molar refractivity (Wildman–Crippen MR) is 69.0 cm³/mol. The number of aliphatic imine (C=N–C) groups is 1. The van der Waals surface area contributed by atoms with Crippen molar-refractivity contribution in [1.82, 2.24) is 9.55 Å². The maximum Gasteiger partial charge on any atom is 0.110 e. The Morgan fingerprint density at radius 2 is 2.12 bits per heavy atom. The Kier molecular flexibility index (Phi) is 2.40. The minimum atomic E-state index is 0.883. The molecule has 1 aliphatic rings. The summed E-state index contributed by atoms with van der Waals surface area (Å²) in [5, 5.41) is 0. The lowest BCUT2D eigenvalue weighted by atomic mass is 10.2. The van der Waals surface area contributed by atoms with E-state index in [9.17, 15) is 0 Å². The van der Waals surface area contributed by atoms with Crippen LogP contribution < -0.4 is 4.90 Å². The van der Waals surface area contributed by atoms with Gasteiger partial charge in [-0.1, -0.05) is 6.07 Å². The first kappa shape index (κ1) is 10.1. The largest absolute Gasteiger partial charge is 0.331 e. The Labute approximate surface area is 100 Å². The summed E-state index contributed by atoms with van der Waals surface area (Å²) in [6.07, 6.45) is 5.70. The highest BCUT2D eigenvalue weighted by atomic mass is 15.2. The van der Waals surface area contributed by atoms with Crippen molar-refractivity contribution in [1.29, 1.82) is 0 Å². The Balaban J connectivity index is 1.99. The normalized spacial score (nSPS) is 14.5. The zero-order valence-corrected chi connectivity index (χ0v) is 9.74. The summed E-state index contributed by atoms with van der Waals surface area (Å²) in [5.41, 5.74) is 2.31. The molecule has 0 saturated heterocycles. The van der Waals surface area contributed by atoms with E-state index in [0.29, 0.717) is 0 Å². The monoisotopic (exact) mass is 226 g/mol. The van der Waals surface area contributed by atoms with Crippen LogP contribution in [0.15, 0.2) is 41.7 Å². The van der Waals surface area contributed by atoms with Gasteiger partial charge in [0.1, 0.15) is 5.82 Å². The van der Waals surface area contributed by atoms with E-state index >= 15 is 0 Å². The summed E-state index contributed by atoms with van der Waals surface area (Å²) in [6.45, 7) is 3.85. The van der Waals surface area contributed by atoms with Crippen LogP contribution in [0.5, 0.6) is 0 Å². The highest BCUT2D eigenvalue weighted by molar-refractivity contribution is 5.81. The molecule has 1 aromatic heterocycles. The molecule has 1 aromatic carbocycles. The average molecular weight is 226 g/mol. The predicted octanol–water partition coefficient (Wildman–Crippen LogP) is 2.03. The molecule has 0 saturated carbocycles. The molecule has 17 heavy (non-hydrogen) atoms. The smallest absolute Gasteiger partial charge is 0.110 e. The van der Waals surface area contributed by atoms with Crippen LogP contribution >= 0.6 is 0 Å². The van der Waals surface area contributed by atoms with Gasteiger partial charge in [0.2, 0.25) is 0 Å². The van der Waals surface area contributed by atoms with Crippen molar-refractivity contribution in [3.05, 3.63) is 42.5 Å². The van der Waals surface area contributed by atoms with Crippen molar-refractivity contribution in [2.24, 2.45) is 4.99 Å². The fourth-order valence-corrected chi connectivity index (χ4v) is 2.05. The number of aryl methyl sites for hydroxylation is 1. The second-order valence-electron chi connectivity index (χ2n) is 4.08. The molecule has 0 unspecified atom stereocenters. The second-order valence-corrected chi connectivity index (χ2v) is 4.08. The molecule has 0 amide bonds. The third-order valence-corrected chi connectivity index (χ3v) is 2.96. The molecule has 86 valence electrons. The molecule has 0 fully saturated rings. The van der Waals surface area contributed by atoms with Gasteiger partial charge < -0.3 is 9.47 Å². The van der Waals surface area contributed by atoms with E-state index in [1.807, 2.05) is 25.7 Å². The Bertz CT molecular complexity index is 556. The SMILES string of the molecule is Cc1nccn1-c1cccc(N2C=NCC2)c1. The molecule has 2 heterocycles. The van der Waals surface area contributed by atoms with Gasteiger partial charge >= 0.3 is 0 Å². The fourth-order valence-electron chi connectivity index (χ4n) is 2.05. The van der Waals surface area contributed by atoms with E-state index in [2.05, 4.69) is 43.7 Å². The molecule has 0 bridgehead atoms. The Morgan fingerprint density at radius 1 is 1.24 bits per heavy atom. The molecule has 0 aliphatic carbocycles. The first-order valence-electron chi connectivity index (χ1n) is 5.71. The van der Waals surface area contributed by atoms with Crippen LogP contribution in [0.4, 0.5) is 5.69 Å². The number of nitrogens with zero attached hydrogens (tertiary/aromatic N) is 4. The van der Waals surface area contributed by atoms with Crippen LogP contribution in [-0.4, -0.2) is 29.0 Å². The lowest BCUT2D eigenvalue weighted by molar-refractivity contribution is 0.970. The number of imidazole rings is 1. The summed E-state index contributed by atoms with van der Waals surface area (Å²) in [6, 6.07) is 8.42. The molecule has 0 spiro atoms. The first-order chi connectivity index (χ1) is 8.34. The van der Waals surface area contributed by atoms with Gasteiger partial charge in [0.05, 0.1) is 12.9 Å². The van der Waals surface area contributed by atoms with Gasteiger partial charge in [0.15, 0.2) is 0 Å². The molecule has 4 nitrogen and oxygen atoms in total. The maximum atomic E-state index is 4.24. The zero-order chi connectivity index (χ0) is 11.7. The molecule has 3 rings (SSSR count). The number of hydrogen-bond donors (Lipinski definition) is 0. The van der Waals surface area contributed by atoms with E-state index in [4.69, 9.17) is 0 Å². The first-order valence-corrected chi connectivity index (χ1v) is 5.71. The highest BCUT2D eigenvalue weighted by Gasteiger charge is 2.09. The van der Waals surface area contributed by atoms with Crippen LogP contribution in [-0.2, 0) is 0 Å². The zero-order valence-electron chi connectivity index (χ0n) is 9.74. The number of anilines is 1. The van der Waals surface area contributed by atoms with Crippen molar-refractivity contribution in [2.45, 2.75) is 6.92 Å². The third-order valence-electron chi connectivity index (χ3n) is 2.96. The van der Waals surface area contributed by atoms with E-state index in [1.54, 1.807) is 0 Å². The molecular formula is C13H14N4. The van der Waals surface area contributed by atoms with E-state index in [0.717, 1.165) is 24.6 Å². The molecule has 0 N–H and O–H groups in total. The highest BCUT2D eigenvalue weighted by Crippen LogP contribution is 2.19. The molecule has 4 heteroatoms. The van der Waals surface area contributed by atoms with Crippen molar-refractivity contribution < 1.29 is 0 Å². The van der Waals surface area contributed by atoms with Crippen molar-refractivity contribution in [3.8, 4) is 5.69 Å². The number of aromatic nitrogens is 2. The van der Waals surface area contributed by atoms with E-state index in [1.165, 1.54) is 5.69 Å². The van der Waals surface area contributed by atoms with Crippen molar-refractivity contribution >= 4 is 12.0 Å². The van der Waals surface area contributed by atoms with Crippen LogP contribution in [0.1, 0.15) is 5.82 Å². The minimum Gasteiger partial charge on any atom is -0.331 e. The summed E-state index contributed by atoms with van der Waals surface area (Å²) >= 11 is 0. The third kappa shape index (κ3) is 1.82. The molecule has 1 aliphatic heterocycles. The van der Waals surface area contributed by atoms with E-state index in [-0.39, 0.29) is 0 Å². The van der Waals surface area contributed by atoms with Gasteiger partial charge in [0, 0.05) is 30.3 Å². The molecule has 0 atom stereocenters.